The first-order valence-corrected chi connectivity index (χ1v) is 7.51. The summed E-state index contributed by atoms with van der Waals surface area (Å²) < 4.78 is 0. The molecule has 0 aliphatic carbocycles. The number of ketones is 1. The summed E-state index contributed by atoms with van der Waals surface area (Å²) in [7, 11) is 0. The molecular formula is C16H14ClNO2S. The molecule has 0 aromatic heterocycles. The molecule has 2 rings (SSSR count). The summed E-state index contributed by atoms with van der Waals surface area (Å²) in [5, 5.41) is 3.27. The van der Waals surface area contributed by atoms with Gasteiger partial charge in [0.15, 0.2) is 5.78 Å². The average molecular weight is 320 g/mol. The summed E-state index contributed by atoms with van der Waals surface area (Å²) in [6.07, 6.45) is 0. The lowest BCUT2D eigenvalue weighted by atomic mass is 10.1. The Kier molecular flexibility index (Phi) is 5.04. The highest BCUT2D eigenvalue weighted by molar-refractivity contribution is 7.99. The number of halogens is 1. The Bertz CT molecular complexity index is 683. The molecule has 1 N–H and O–H groups in total. The van der Waals surface area contributed by atoms with Crippen molar-refractivity contribution in [2.45, 2.75) is 23.6 Å². The molecule has 0 aliphatic heterocycles. The molecule has 3 nitrogen and oxygen atoms in total. The van der Waals surface area contributed by atoms with Crippen molar-refractivity contribution in [2.24, 2.45) is 0 Å². The van der Waals surface area contributed by atoms with Crippen LogP contribution in [-0.4, -0.2) is 11.7 Å². The van der Waals surface area contributed by atoms with Gasteiger partial charge in [0.05, 0.1) is 5.02 Å². The van der Waals surface area contributed by atoms with Gasteiger partial charge in [-0.1, -0.05) is 29.4 Å². The molecule has 0 bridgehead atoms. The van der Waals surface area contributed by atoms with Gasteiger partial charge in [-0.3, -0.25) is 9.59 Å². The minimum atomic E-state index is -0.0988. The van der Waals surface area contributed by atoms with Crippen molar-refractivity contribution in [3.63, 3.8) is 0 Å². The molecule has 0 aliphatic rings. The Morgan fingerprint density at radius 2 is 1.71 bits per heavy atom. The summed E-state index contributed by atoms with van der Waals surface area (Å²) in [6.45, 7) is 2.98. The number of carbonyl (C=O) groups excluding carboxylic acids is 2. The second-order valence-corrected chi connectivity index (χ2v) is 6.03. The number of hydrogen-bond acceptors (Lipinski definition) is 3. The van der Waals surface area contributed by atoms with Crippen LogP contribution in [0.5, 0.6) is 0 Å². The van der Waals surface area contributed by atoms with Crippen LogP contribution < -0.4 is 5.32 Å². The average Bonchev–Trinajstić information content (AvgIpc) is 2.42. The van der Waals surface area contributed by atoms with Crippen LogP contribution in [0.25, 0.3) is 0 Å². The van der Waals surface area contributed by atoms with E-state index in [1.165, 1.54) is 25.6 Å². The van der Waals surface area contributed by atoms with Crippen molar-refractivity contribution in [3.8, 4) is 0 Å². The van der Waals surface area contributed by atoms with Crippen LogP contribution in [0.1, 0.15) is 24.2 Å². The highest BCUT2D eigenvalue weighted by Crippen LogP contribution is 2.34. The predicted molar refractivity (Wildman–Crippen MR) is 86.3 cm³/mol. The van der Waals surface area contributed by atoms with Gasteiger partial charge >= 0.3 is 0 Å². The van der Waals surface area contributed by atoms with Gasteiger partial charge in [0.2, 0.25) is 5.91 Å². The first-order valence-electron chi connectivity index (χ1n) is 6.31. The van der Waals surface area contributed by atoms with Gasteiger partial charge in [-0.05, 0) is 43.3 Å². The number of hydrogen-bond donors (Lipinski definition) is 1. The summed E-state index contributed by atoms with van der Waals surface area (Å²) in [5.74, 6) is -0.105. The minimum absolute atomic E-state index is 0.00638. The topological polar surface area (TPSA) is 46.2 Å². The zero-order chi connectivity index (χ0) is 15.4. The van der Waals surface area contributed by atoms with E-state index < -0.39 is 0 Å². The van der Waals surface area contributed by atoms with E-state index in [9.17, 15) is 9.59 Å². The van der Waals surface area contributed by atoms with Crippen molar-refractivity contribution in [3.05, 3.63) is 53.1 Å². The molecule has 2 aromatic rings. The normalized spacial score (nSPS) is 10.2. The van der Waals surface area contributed by atoms with Crippen LogP contribution in [0.3, 0.4) is 0 Å². The standard InChI is InChI=1S/C16H14ClNO2S/c1-10(19)12-3-8-16(15(17)9-12)21-14-6-4-13(5-7-14)18-11(2)20/h3-9H,1-2H3,(H,18,20). The third-order valence-corrected chi connectivity index (χ3v) is 4.25. The van der Waals surface area contributed by atoms with Crippen LogP contribution in [0.2, 0.25) is 5.02 Å². The van der Waals surface area contributed by atoms with Crippen molar-refractivity contribution in [2.75, 3.05) is 5.32 Å². The van der Waals surface area contributed by atoms with E-state index >= 15 is 0 Å². The molecule has 0 unspecified atom stereocenters. The molecule has 0 heterocycles. The maximum absolute atomic E-state index is 11.3. The number of carbonyl (C=O) groups is 2. The van der Waals surface area contributed by atoms with Gasteiger partial charge in [0.25, 0.3) is 0 Å². The fraction of sp³-hybridized carbons (Fsp3) is 0.125. The monoisotopic (exact) mass is 319 g/mol. The highest BCUT2D eigenvalue weighted by Gasteiger charge is 2.07. The zero-order valence-electron chi connectivity index (χ0n) is 11.6. The van der Waals surface area contributed by atoms with E-state index in [-0.39, 0.29) is 11.7 Å². The van der Waals surface area contributed by atoms with E-state index in [0.29, 0.717) is 10.6 Å². The fourth-order valence-corrected chi connectivity index (χ4v) is 2.85. The first kappa shape index (κ1) is 15.6. The molecule has 0 saturated heterocycles. The molecule has 0 radical (unpaired) electrons. The van der Waals surface area contributed by atoms with Crippen molar-refractivity contribution < 1.29 is 9.59 Å². The molecule has 0 saturated carbocycles. The fourth-order valence-electron chi connectivity index (χ4n) is 1.74. The Morgan fingerprint density at radius 1 is 1.05 bits per heavy atom. The number of amides is 1. The first-order chi connectivity index (χ1) is 9.95. The Labute approximate surface area is 132 Å². The summed E-state index contributed by atoms with van der Waals surface area (Å²) in [6, 6.07) is 12.8. The number of rotatable bonds is 4. The Morgan fingerprint density at radius 3 is 2.24 bits per heavy atom. The lowest BCUT2D eigenvalue weighted by Gasteiger charge is -2.07. The van der Waals surface area contributed by atoms with E-state index in [1.807, 2.05) is 30.3 Å². The quantitative estimate of drug-likeness (QED) is 0.834. The molecule has 108 valence electrons. The van der Waals surface area contributed by atoms with Crippen LogP contribution >= 0.6 is 23.4 Å². The summed E-state index contributed by atoms with van der Waals surface area (Å²) >= 11 is 7.70. The van der Waals surface area contributed by atoms with Gasteiger partial charge in [0, 0.05) is 28.0 Å². The lowest BCUT2D eigenvalue weighted by molar-refractivity contribution is -0.114. The van der Waals surface area contributed by atoms with Crippen LogP contribution in [0, 0.1) is 0 Å². The van der Waals surface area contributed by atoms with E-state index in [1.54, 1.807) is 12.1 Å². The number of benzene rings is 2. The van der Waals surface area contributed by atoms with E-state index in [2.05, 4.69) is 5.32 Å². The molecule has 0 fully saturated rings. The van der Waals surface area contributed by atoms with Crippen molar-refractivity contribution in [1.29, 1.82) is 0 Å². The highest BCUT2D eigenvalue weighted by atomic mass is 35.5. The van der Waals surface area contributed by atoms with Crippen molar-refractivity contribution >= 4 is 40.7 Å². The van der Waals surface area contributed by atoms with E-state index in [4.69, 9.17) is 11.6 Å². The molecule has 5 heteroatoms. The third kappa shape index (κ3) is 4.34. The number of Topliss-reactive ketones (excluding diaryl/α,β-unsaturated/α-hetero) is 1. The molecule has 1 amide bonds. The van der Waals surface area contributed by atoms with Gasteiger partial charge in [-0.15, -0.1) is 0 Å². The number of nitrogens with one attached hydrogen (secondary N) is 1. The van der Waals surface area contributed by atoms with E-state index in [0.717, 1.165) is 15.5 Å². The smallest absolute Gasteiger partial charge is 0.221 e. The van der Waals surface area contributed by atoms with Crippen LogP contribution in [0.4, 0.5) is 5.69 Å². The van der Waals surface area contributed by atoms with Gasteiger partial charge < -0.3 is 5.32 Å². The van der Waals surface area contributed by atoms with Crippen molar-refractivity contribution in [1.82, 2.24) is 0 Å². The maximum Gasteiger partial charge on any atom is 0.221 e. The second kappa shape index (κ2) is 6.78. The SMILES string of the molecule is CC(=O)Nc1ccc(Sc2ccc(C(C)=O)cc2Cl)cc1. The molecule has 21 heavy (non-hydrogen) atoms. The zero-order valence-corrected chi connectivity index (χ0v) is 13.2. The van der Waals surface area contributed by atoms with Gasteiger partial charge in [-0.25, -0.2) is 0 Å². The van der Waals surface area contributed by atoms with Gasteiger partial charge in [0.1, 0.15) is 0 Å². The lowest BCUT2D eigenvalue weighted by Crippen LogP contribution is -2.05. The summed E-state index contributed by atoms with van der Waals surface area (Å²) in [5.41, 5.74) is 1.36. The molecule has 2 aromatic carbocycles. The molecular weight excluding hydrogens is 306 g/mol. The summed E-state index contributed by atoms with van der Waals surface area (Å²) in [4.78, 5) is 24.1. The minimum Gasteiger partial charge on any atom is -0.326 e. The number of anilines is 1. The van der Waals surface area contributed by atoms with Crippen LogP contribution in [-0.2, 0) is 4.79 Å². The predicted octanol–water partition coefficient (Wildman–Crippen LogP) is 4.65. The molecule has 0 atom stereocenters. The molecule has 0 spiro atoms. The van der Waals surface area contributed by atoms with Crippen LogP contribution in [0.15, 0.2) is 52.3 Å². The Balaban J connectivity index is 2.14. The Hall–Kier alpha value is -1.78. The third-order valence-electron chi connectivity index (χ3n) is 2.74. The second-order valence-electron chi connectivity index (χ2n) is 4.51. The van der Waals surface area contributed by atoms with Gasteiger partial charge in [-0.2, -0.15) is 0 Å². The maximum atomic E-state index is 11.3. The largest absolute Gasteiger partial charge is 0.326 e.